The summed E-state index contributed by atoms with van der Waals surface area (Å²) in [4.78, 5) is 0. The molecule has 0 aliphatic carbocycles. The second-order valence-corrected chi connectivity index (χ2v) is 9.32. The van der Waals surface area contributed by atoms with Gasteiger partial charge in [0, 0.05) is 6.42 Å². The first-order valence-corrected chi connectivity index (χ1v) is 11.5. The Balaban J connectivity index is 1.58. The van der Waals surface area contributed by atoms with Gasteiger partial charge in [0.05, 0.1) is 0 Å². The Morgan fingerprint density at radius 3 is 1.27 bits per heavy atom. The molecule has 0 bridgehead atoms. The molecule has 4 aromatic rings. The van der Waals surface area contributed by atoms with E-state index in [-0.39, 0.29) is 11.5 Å². The molecule has 0 radical (unpaired) electrons. The first-order valence-electron chi connectivity index (χ1n) is 11.5. The molecular formula is C31H32O2. The van der Waals surface area contributed by atoms with Crippen molar-refractivity contribution in [3.8, 4) is 11.5 Å². The van der Waals surface area contributed by atoms with Gasteiger partial charge in [-0.15, -0.1) is 0 Å². The van der Waals surface area contributed by atoms with Crippen LogP contribution in [0.4, 0.5) is 0 Å². The highest BCUT2D eigenvalue weighted by Gasteiger charge is 2.11. The quantitative estimate of drug-likeness (QED) is 0.338. The molecule has 2 nitrogen and oxygen atoms in total. The number of aromatic hydroxyl groups is 2. The van der Waals surface area contributed by atoms with Gasteiger partial charge >= 0.3 is 0 Å². The molecule has 0 saturated heterocycles. The zero-order chi connectivity index (χ0) is 23.5. The van der Waals surface area contributed by atoms with Crippen molar-refractivity contribution in [1.29, 1.82) is 0 Å². The van der Waals surface area contributed by atoms with Crippen molar-refractivity contribution in [1.82, 2.24) is 0 Å². The minimum atomic E-state index is 0.263. The Bertz CT molecular complexity index is 1200. The van der Waals surface area contributed by atoms with Gasteiger partial charge in [-0.25, -0.2) is 0 Å². The standard InChI is InChI=1S/C31H32O2/c1-20-5-9-26(22(3)13-20)15-24-7-11-30(32)28(17-24)19-29-18-25(8-12-31(29)33)16-27-10-6-21(2)14-23(27)4/h5-14,17-18,32-33H,15-16,19H2,1-4H3. The van der Waals surface area contributed by atoms with Crippen LogP contribution in [0.2, 0.25) is 0 Å². The van der Waals surface area contributed by atoms with Crippen molar-refractivity contribution in [3.63, 3.8) is 0 Å². The molecule has 4 aromatic carbocycles. The number of phenols is 2. The number of aryl methyl sites for hydroxylation is 4. The zero-order valence-electron chi connectivity index (χ0n) is 19.9. The normalized spacial score (nSPS) is 11.0. The van der Waals surface area contributed by atoms with Gasteiger partial charge in [0.1, 0.15) is 11.5 Å². The summed E-state index contributed by atoms with van der Waals surface area (Å²) in [6, 6.07) is 24.7. The lowest BCUT2D eigenvalue weighted by molar-refractivity contribution is 0.462. The van der Waals surface area contributed by atoms with E-state index in [2.05, 4.69) is 76.2 Å². The van der Waals surface area contributed by atoms with Crippen molar-refractivity contribution in [2.45, 2.75) is 47.0 Å². The molecule has 0 spiro atoms. The highest BCUT2D eigenvalue weighted by Crippen LogP contribution is 2.29. The SMILES string of the molecule is Cc1ccc(Cc2ccc(O)c(Cc3cc(Cc4ccc(C)cc4C)ccc3O)c2)c(C)c1. The van der Waals surface area contributed by atoms with Gasteiger partial charge in [0.25, 0.3) is 0 Å². The van der Waals surface area contributed by atoms with Gasteiger partial charge in [0.2, 0.25) is 0 Å². The molecule has 4 rings (SSSR count). The van der Waals surface area contributed by atoms with E-state index in [0.29, 0.717) is 6.42 Å². The molecule has 168 valence electrons. The van der Waals surface area contributed by atoms with Crippen LogP contribution in [0.3, 0.4) is 0 Å². The first kappa shape index (κ1) is 22.7. The number of hydrogen-bond acceptors (Lipinski definition) is 2. The smallest absolute Gasteiger partial charge is 0.119 e. The molecule has 2 N–H and O–H groups in total. The average molecular weight is 437 g/mol. The first-order chi connectivity index (χ1) is 15.8. The van der Waals surface area contributed by atoms with E-state index < -0.39 is 0 Å². The molecule has 0 saturated carbocycles. The summed E-state index contributed by atoms with van der Waals surface area (Å²) in [6.07, 6.45) is 2.12. The minimum Gasteiger partial charge on any atom is -0.508 e. The van der Waals surface area contributed by atoms with Gasteiger partial charge in [-0.1, -0.05) is 71.8 Å². The molecule has 0 fully saturated rings. The number of phenolic OH excluding ortho intramolecular Hbond substituents is 2. The van der Waals surface area contributed by atoms with E-state index in [4.69, 9.17) is 0 Å². The maximum Gasteiger partial charge on any atom is 0.119 e. The van der Waals surface area contributed by atoms with Gasteiger partial charge in [-0.05, 0) is 97.2 Å². The second-order valence-electron chi connectivity index (χ2n) is 9.32. The summed E-state index contributed by atoms with van der Waals surface area (Å²) in [5, 5.41) is 21.1. The van der Waals surface area contributed by atoms with E-state index in [1.807, 2.05) is 12.1 Å². The van der Waals surface area contributed by atoms with Crippen LogP contribution in [-0.2, 0) is 19.3 Å². The summed E-state index contributed by atoms with van der Waals surface area (Å²) >= 11 is 0. The van der Waals surface area contributed by atoms with Gasteiger partial charge < -0.3 is 10.2 Å². The Kier molecular flexibility index (Phi) is 6.55. The van der Waals surface area contributed by atoms with Crippen LogP contribution >= 0.6 is 0 Å². The summed E-state index contributed by atoms with van der Waals surface area (Å²) < 4.78 is 0. The van der Waals surface area contributed by atoms with E-state index in [9.17, 15) is 10.2 Å². The van der Waals surface area contributed by atoms with E-state index in [1.54, 1.807) is 12.1 Å². The maximum absolute atomic E-state index is 10.5. The van der Waals surface area contributed by atoms with Crippen molar-refractivity contribution in [2.24, 2.45) is 0 Å². The van der Waals surface area contributed by atoms with Crippen molar-refractivity contribution < 1.29 is 10.2 Å². The number of rotatable bonds is 6. The average Bonchev–Trinajstić information content (AvgIpc) is 2.76. The Morgan fingerprint density at radius 2 is 0.879 bits per heavy atom. The second kappa shape index (κ2) is 9.54. The lowest BCUT2D eigenvalue weighted by Gasteiger charge is -2.13. The molecular weight excluding hydrogens is 404 g/mol. The summed E-state index contributed by atoms with van der Waals surface area (Å²) in [7, 11) is 0. The fourth-order valence-electron chi connectivity index (χ4n) is 4.51. The molecule has 0 aliphatic rings. The van der Waals surface area contributed by atoms with Crippen LogP contribution in [0.15, 0.2) is 72.8 Å². The highest BCUT2D eigenvalue weighted by molar-refractivity contribution is 5.47. The van der Waals surface area contributed by atoms with Crippen LogP contribution in [0.1, 0.15) is 55.6 Å². The third kappa shape index (κ3) is 5.46. The predicted molar refractivity (Wildman–Crippen MR) is 136 cm³/mol. The molecule has 0 aliphatic heterocycles. The van der Waals surface area contributed by atoms with Crippen LogP contribution in [0.5, 0.6) is 11.5 Å². The summed E-state index contributed by atoms with van der Waals surface area (Å²) in [6.45, 7) is 8.50. The fourth-order valence-corrected chi connectivity index (χ4v) is 4.51. The molecule has 0 unspecified atom stereocenters. The Hall–Kier alpha value is -3.52. The summed E-state index contributed by atoms with van der Waals surface area (Å²) in [5.74, 6) is 0.525. The van der Waals surface area contributed by atoms with Crippen molar-refractivity contribution >= 4 is 0 Å². The van der Waals surface area contributed by atoms with Crippen LogP contribution in [-0.4, -0.2) is 10.2 Å². The molecule has 0 atom stereocenters. The molecule has 0 amide bonds. The molecule has 33 heavy (non-hydrogen) atoms. The lowest BCUT2D eigenvalue weighted by atomic mass is 9.94. The molecule has 2 heteroatoms. The lowest BCUT2D eigenvalue weighted by Crippen LogP contribution is -1.97. The van der Waals surface area contributed by atoms with Gasteiger partial charge in [0.15, 0.2) is 0 Å². The van der Waals surface area contributed by atoms with Crippen molar-refractivity contribution in [3.05, 3.63) is 128 Å². The predicted octanol–water partition coefficient (Wildman–Crippen LogP) is 7.10. The minimum absolute atomic E-state index is 0.263. The third-order valence-corrected chi connectivity index (χ3v) is 6.45. The van der Waals surface area contributed by atoms with Gasteiger partial charge in [-0.3, -0.25) is 0 Å². The van der Waals surface area contributed by atoms with Crippen LogP contribution in [0, 0.1) is 27.7 Å². The fraction of sp³-hybridized carbons (Fsp3) is 0.226. The third-order valence-electron chi connectivity index (χ3n) is 6.45. The largest absolute Gasteiger partial charge is 0.508 e. The Morgan fingerprint density at radius 1 is 0.455 bits per heavy atom. The van der Waals surface area contributed by atoms with Crippen LogP contribution in [0.25, 0.3) is 0 Å². The van der Waals surface area contributed by atoms with E-state index >= 15 is 0 Å². The molecule has 0 aromatic heterocycles. The number of hydrogen-bond donors (Lipinski definition) is 2. The topological polar surface area (TPSA) is 40.5 Å². The zero-order valence-corrected chi connectivity index (χ0v) is 19.9. The molecule has 0 heterocycles. The van der Waals surface area contributed by atoms with E-state index in [0.717, 1.165) is 35.1 Å². The Labute approximate surface area is 197 Å². The highest BCUT2D eigenvalue weighted by atomic mass is 16.3. The monoisotopic (exact) mass is 436 g/mol. The van der Waals surface area contributed by atoms with Gasteiger partial charge in [-0.2, -0.15) is 0 Å². The maximum atomic E-state index is 10.5. The summed E-state index contributed by atoms with van der Waals surface area (Å²) in [5.41, 5.74) is 11.6. The van der Waals surface area contributed by atoms with E-state index in [1.165, 1.54) is 33.4 Å². The van der Waals surface area contributed by atoms with Crippen LogP contribution < -0.4 is 0 Å². The number of benzene rings is 4. The van der Waals surface area contributed by atoms with Crippen molar-refractivity contribution in [2.75, 3.05) is 0 Å².